The molecule has 0 bridgehead atoms. The molecule has 1 atom stereocenters. The molecule has 1 aliphatic rings. The number of carboxylic acids is 1. The number of halogens is 1. The number of carbonyl (C=O) groups excluding carboxylic acids is 1. The van der Waals surface area contributed by atoms with Gasteiger partial charge in [-0.3, -0.25) is 9.59 Å². The lowest BCUT2D eigenvalue weighted by molar-refractivity contribution is -0.137. The molecule has 0 radical (unpaired) electrons. The molecular weight excluding hydrogens is 368 g/mol. The van der Waals surface area contributed by atoms with Gasteiger partial charge in [0.25, 0.3) is 5.91 Å². The van der Waals surface area contributed by atoms with Gasteiger partial charge in [0, 0.05) is 24.7 Å². The highest BCUT2D eigenvalue weighted by Gasteiger charge is 2.29. The normalized spacial score (nSPS) is 17.0. The van der Waals surface area contributed by atoms with E-state index >= 15 is 0 Å². The van der Waals surface area contributed by atoms with Crippen molar-refractivity contribution >= 4 is 33.5 Å². The minimum Gasteiger partial charge on any atom is -0.481 e. The Bertz CT molecular complexity index is 760. The molecule has 0 saturated carbocycles. The van der Waals surface area contributed by atoms with Crippen LogP contribution < -0.4 is 5.32 Å². The maximum absolute atomic E-state index is 12.8. The minimum absolute atomic E-state index is 0.0562. The second-order valence-electron chi connectivity index (χ2n) is 6.08. The average molecular weight is 389 g/mol. The molecule has 1 aromatic carbocycles. The first-order valence-corrected chi connectivity index (χ1v) is 9.86. The van der Waals surface area contributed by atoms with Gasteiger partial charge in [0.05, 0.1) is 11.4 Å². The fraction of sp³-hybridized carbons (Fsp3) is 0.500. The van der Waals surface area contributed by atoms with E-state index in [1.807, 2.05) is 0 Å². The zero-order valence-corrected chi connectivity index (χ0v) is 15.4. The lowest BCUT2D eigenvalue weighted by Gasteiger charge is -2.26. The highest BCUT2D eigenvalue weighted by molar-refractivity contribution is 7.89. The number of aliphatic carboxylic acids is 1. The number of benzene rings is 1. The number of hydrogen-bond donors (Lipinski definition) is 2. The summed E-state index contributed by atoms with van der Waals surface area (Å²) in [5, 5.41) is 11.3. The van der Waals surface area contributed by atoms with Gasteiger partial charge in [-0.25, -0.2) is 8.42 Å². The van der Waals surface area contributed by atoms with Gasteiger partial charge in [0.1, 0.15) is 4.90 Å². The number of piperidine rings is 1. The Morgan fingerprint density at radius 1 is 1.28 bits per heavy atom. The molecular formula is C16H21ClN2O5S. The SMILES string of the molecule is CC(CC(=O)O)NC(=O)c1ccc(Cl)c(S(=O)(=O)N2CCCCC2)c1. The summed E-state index contributed by atoms with van der Waals surface area (Å²) in [7, 11) is -3.77. The summed E-state index contributed by atoms with van der Waals surface area (Å²) in [6.07, 6.45) is 2.36. The van der Waals surface area contributed by atoms with Crippen LogP contribution in [0, 0.1) is 0 Å². The smallest absolute Gasteiger partial charge is 0.305 e. The maximum Gasteiger partial charge on any atom is 0.305 e. The lowest BCUT2D eigenvalue weighted by Crippen LogP contribution is -2.36. The third-order valence-electron chi connectivity index (χ3n) is 3.98. The number of carboxylic acid groups (broad SMARTS) is 1. The fourth-order valence-corrected chi connectivity index (χ4v) is 4.72. The van der Waals surface area contributed by atoms with Crippen molar-refractivity contribution in [3.8, 4) is 0 Å². The lowest BCUT2D eigenvalue weighted by atomic mass is 10.2. The Kier molecular flexibility index (Phi) is 6.42. The number of carbonyl (C=O) groups is 2. The molecule has 0 spiro atoms. The monoisotopic (exact) mass is 388 g/mol. The summed E-state index contributed by atoms with van der Waals surface area (Å²) in [6.45, 7) is 2.43. The van der Waals surface area contributed by atoms with E-state index in [-0.39, 0.29) is 21.9 Å². The summed E-state index contributed by atoms with van der Waals surface area (Å²) < 4.78 is 26.9. The Hall–Kier alpha value is -1.64. The first-order valence-electron chi connectivity index (χ1n) is 8.04. The van der Waals surface area contributed by atoms with E-state index in [1.165, 1.54) is 22.5 Å². The van der Waals surface area contributed by atoms with Crippen LogP contribution in [0.4, 0.5) is 0 Å². The zero-order chi connectivity index (χ0) is 18.6. The van der Waals surface area contributed by atoms with Crippen molar-refractivity contribution in [1.82, 2.24) is 9.62 Å². The first kappa shape index (κ1) is 19.7. The standard InChI is InChI=1S/C16H21ClN2O5S/c1-11(9-15(20)21)18-16(22)12-5-6-13(17)14(10-12)25(23,24)19-7-3-2-4-8-19/h5-6,10-11H,2-4,7-9H2,1H3,(H,18,22)(H,20,21). The Labute approximate surface area is 152 Å². The molecule has 25 heavy (non-hydrogen) atoms. The molecule has 1 heterocycles. The van der Waals surface area contributed by atoms with Crippen LogP contribution in [0.2, 0.25) is 5.02 Å². The van der Waals surface area contributed by atoms with Crippen molar-refractivity contribution < 1.29 is 23.1 Å². The third-order valence-corrected chi connectivity index (χ3v) is 6.36. The van der Waals surface area contributed by atoms with Crippen LogP contribution in [0.15, 0.2) is 23.1 Å². The van der Waals surface area contributed by atoms with E-state index in [2.05, 4.69) is 5.32 Å². The van der Waals surface area contributed by atoms with E-state index in [0.29, 0.717) is 13.1 Å². The largest absolute Gasteiger partial charge is 0.481 e. The van der Waals surface area contributed by atoms with E-state index in [9.17, 15) is 18.0 Å². The van der Waals surface area contributed by atoms with Gasteiger partial charge in [-0.05, 0) is 38.0 Å². The molecule has 1 fully saturated rings. The highest BCUT2D eigenvalue weighted by atomic mass is 35.5. The molecule has 0 aromatic heterocycles. The number of amides is 1. The predicted molar refractivity (Wildman–Crippen MR) is 93.2 cm³/mol. The van der Waals surface area contributed by atoms with Gasteiger partial charge >= 0.3 is 5.97 Å². The van der Waals surface area contributed by atoms with Crippen LogP contribution in [0.1, 0.15) is 43.0 Å². The van der Waals surface area contributed by atoms with Gasteiger partial charge < -0.3 is 10.4 Å². The predicted octanol–water partition coefficient (Wildman–Crippen LogP) is 2.11. The number of nitrogens with one attached hydrogen (secondary N) is 1. The summed E-state index contributed by atoms with van der Waals surface area (Å²) >= 11 is 6.06. The van der Waals surface area contributed by atoms with Crippen molar-refractivity contribution in [2.75, 3.05) is 13.1 Å². The number of nitrogens with zero attached hydrogens (tertiary/aromatic N) is 1. The molecule has 138 valence electrons. The zero-order valence-electron chi connectivity index (χ0n) is 13.9. The van der Waals surface area contributed by atoms with Crippen LogP contribution in [0.3, 0.4) is 0 Å². The summed E-state index contributed by atoms with van der Waals surface area (Å²) in [4.78, 5) is 22.8. The molecule has 9 heteroatoms. The molecule has 1 amide bonds. The van der Waals surface area contributed by atoms with E-state index < -0.39 is 27.9 Å². The van der Waals surface area contributed by atoms with Gasteiger partial charge in [0.15, 0.2) is 0 Å². The van der Waals surface area contributed by atoms with Gasteiger partial charge in [-0.1, -0.05) is 18.0 Å². The van der Waals surface area contributed by atoms with Crippen molar-refractivity contribution in [3.63, 3.8) is 0 Å². The van der Waals surface area contributed by atoms with Crippen LogP contribution in [-0.4, -0.2) is 48.8 Å². The van der Waals surface area contributed by atoms with Crippen molar-refractivity contribution in [3.05, 3.63) is 28.8 Å². The molecule has 2 N–H and O–H groups in total. The molecule has 0 aliphatic carbocycles. The topological polar surface area (TPSA) is 104 Å². The number of rotatable bonds is 6. The van der Waals surface area contributed by atoms with Crippen molar-refractivity contribution in [2.45, 2.75) is 43.5 Å². The molecule has 2 rings (SSSR count). The highest BCUT2D eigenvalue weighted by Crippen LogP contribution is 2.27. The Balaban J connectivity index is 2.24. The maximum atomic E-state index is 12.8. The van der Waals surface area contributed by atoms with Crippen LogP contribution in [0.25, 0.3) is 0 Å². The Morgan fingerprint density at radius 3 is 2.52 bits per heavy atom. The minimum atomic E-state index is -3.77. The first-order chi connectivity index (χ1) is 11.7. The van der Waals surface area contributed by atoms with Crippen molar-refractivity contribution in [2.24, 2.45) is 0 Å². The van der Waals surface area contributed by atoms with Crippen molar-refractivity contribution in [1.29, 1.82) is 0 Å². The summed E-state index contributed by atoms with van der Waals surface area (Å²) in [5.41, 5.74) is 0.122. The van der Waals surface area contributed by atoms with Crippen LogP contribution in [0.5, 0.6) is 0 Å². The average Bonchev–Trinajstić information content (AvgIpc) is 2.55. The van der Waals surface area contributed by atoms with Crippen LogP contribution in [-0.2, 0) is 14.8 Å². The summed E-state index contributed by atoms with van der Waals surface area (Å²) in [6, 6.07) is 3.45. The molecule has 1 saturated heterocycles. The fourth-order valence-electron chi connectivity index (χ4n) is 2.71. The van der Waals surface area contributed by atoms with Gasteiger partial charge in [-0.2, -0.15) is 4.31 Å². The Morgan fingerprint density at radius 2 is 1.92 bits per heavy atom. The van der Waals surface area contributed by atoms with E-state index in [1.54, 1.807) is 6.92 Å². The molecule has 7 nitrogen and oxygen atoms in total. The number of hydrogen-bond acceptors (Lipinski definition) is 4. The summed E-state index contributed by atoms with van der Waals surface area (Å²) in [5.74, 6) is -1.57. The van der Waals surface area contributed by atoms with Gasteiger partial charge in [0.2, 0.25) is 10.0 Å². The molecule has 1 unspecified atom stereocenters. The molecule has 1 aromatic rings. The molecule has 1 aliphatic heterocycles. The van der Waals surface area contributed by atoms with Gasteiger partial charge in [-0.15, -0.1) is 0 Å². The van der Waals surface area contributed by atoms with E-state index in [4.69, 9.17) is 16.7 Å². The number of sulfonamides is 1. The second-order valence-corrected chi connectivity index (χ2v) is 8.40. The third kappa shape index (κ3) is 4.93. The second kappa shape index (κ2) is 8.16. The van der Waals surface area contributed by atoms with E-state index in [0.717, 1.165) is 19.3 Å². The van der Waals surface area contributed by atoms with Crippen LogP contribution >= 0.6 is 11.6 Å². The quantitative estimate of drug-likeness (QED) is 0.776.